The van der Waals surface area contributed by atoms with Crippen molar-refractivity contribution in [3.05, 3.63) is 0 Å². The minimum atomic E-state index is -0.118. The summed E-state index contributed by atoms with van der Waals surface area (Å²) in [4.78, 5) is 0. The van der Waals surface area contributed by atoms with Crippen molar-refractivity contribution in [3.63, 3.8) is 0 Å². The summed E-state index contributed by atoms with van der Waals surface area (Å²) in [6, 6.07) is 0. The predicted octanol–water partition coefficient (Wildman–Crippen LogP) is 2.00. The molecule has 0 aromatic carbocycles. The van der Waals surface area contributed by atoms with Crippen molar-refractivity contribution < 1.29 is 9.47 Å². The van der Waals surface area contributed by atoms with Crippen LogP contribution in [0.25, 0.3) is 0 Å². The zero-order chi connectivity index (χ0) is 11.8. The van der Waals surface area contributed by atoms with Crippen LogP contribution < -0.4 is 5.73 Å². The highest BCUT2D eigenvalue weighted by Crippen LogP contribution is 2.24. The van der Waals surface area contributed by atoms with Gasteiger partial charge in [-0.15, -0.1) is 10.2 Å². The molecule has 1 aromatic heterocycles. The van der Waals surface area contributed by atoms with Crippen LogP contribution in [-0.4, -0.2) is 35.5 Å². The van der Waals surface area contributed by atoms with Crippen molar-refractivity contribution in [2.45, 2.75) is 30.9 Å². The van der Waals surface area contributed by atoms with Gasteiger partial charge in [0, 0.05) is 25.4 Å². The van der Waals surface area contributed by atoms with Gasteiger partial charge in [-0.1, -0.05) is 23.1 Å². The number of rotatable bonds is 8. The van der Waals surface area contributed by atoms with E-state index in [2.05, 4.69) is 10.2 Å². The van der Waals surface area contributed by atoms with Gasteiger partial charge < -0.3 is 15.2 Å². The maximum atomic E-state index is 5.49. The summed E-state index contributed by atoms with van der Waals surface area (Å²) in [7, 11) is 0. The van der Waals surface area contributed by atoms with Gasteiger partial charge in [0.25, 0.3) is 0 Å². The molecule has 7 heteroatoms. The van der Waals surface area contributed by atoms with Crippen LogP contribution in [0.15, 0.2) is 4.34 Å². The van der Waals surface area contributed by atoms with E-state index in [0.29, 0.717) is 18.3 Å². The SMILES string of the molecule is CCOC(CCSc1nnc(N)s1)OCC. The van der Waals surface area contributed by atoms with E-state index in [0.717, 1.165) is 16.5 Å². The third-order valence-electron chi connectivity index (χ3n) is 1.71. The Kier molecular flexibility index (Phi) is 6.70. The Hall–Kier alpha value is -0.370. The molecule has 0 bridgehead atoms. The number of anilines is 1. The van der Waals surface area contributed by atoms with E-state index in [-0.39, 0.29) is 6.29 Å². The zero-order valence-corrected chi connectivity index (χ0v) is 11.1. The Morgan fingerprint density at radius 2 is 2.00 bits per heavy atom. The van der Waals surface area contributed by atoms with Crippen molar-refractivity contribution in [2.75, 3.05) is 24.7 Å². The number of thioether (sulfide) groups is 1. The van der Waals surface area contributed by atoms with Gasteiger partial charge in [-0.25, -0.2) is 0 Å². The van der Waals surface area contributed by atoms with E-state index in [1.54, 1.807) is 11.8 Å². The molecule has 0 saturated carbocycles. The highest BCUT2D eigenvalue weighted by atomic mass is 32.2. The first kappa shape index (κ1) is 13.7. The fourth-order valence-corrected chi connectivity index (χ4v) is 2.78. The summed E-state index contributed by atoms with van der Waals surface area (Å²) >= 11 is 3.03. The lowest BCUT2D eigenvalue weighted by molar-refractivity contribution is -0.136. The second-order valence-electron chi connectivity index (χ2n) is 2.88. The molecule has 0 aliphatic carbocycles. The summed E-state index contributed by atoms with van der Waals surface area (Å²) in [6.07, 6.45) is 0.721. The second kappa shape index (κ2) is 7.83. The summed E-state index contributed by atoms with van der Waals surface area (Å²) in [5.41, 5.74) is 5.49. The number of hydrogen-bond donors (Lipinski definition) is 1. The van der Waals surface area contributed by atoms with Gasteiger partial charge in [0.15, 0.2) is 10.6 Å². The average Bonchev–Trinajstić information content (AvgIpc) is 2.65. The van der Waals surface area contributed by atoms with Crippen LogP contribution in [0.3, 0.4) is 0 Å². The van der Waals surface area contributed by atoms with Crippen LogP contribution in [0.4, 0.5) is 5.13 Å². The number of ether oxygens (including phenoxy) is 2. The van der Waals surface area contributed by atoms with Gasteiger partial charge in [0.05, 0.1) is 0 Å². The molecule has 1 heterocycles. The Bertz CT molecular complexity index is 290. The second-order valence-corrected chi connectivity index (χ2v) is 5.23. The Balaban J connectivity index is 2.21. The van der Waals surface area contributed by atoms with E-state index in [1.165, 1.54) is 11.3 Å². The van der Waals surface area contributed by atoms with Crippen molar-refractivity contribution >= 4 is 28.2 Å². The maximum Gasteiger partial charge on any atom is 0.203 e. The molecule has 2 N–H and O–H groups in total. The van der Waals surface area contributed by atoms with E-state index < -0.39 is 0 Å². The largest absolute Gasteiger partial charge is 0.374 e. The van der Waals surface area contributed by atoms with Gasteiger partial charge in [-0.2, -0.15) is 0 Å². The molecule has 0 saturated heterocycles. The number of nitrogen functional groups attached to an aromatic ring is 1. The Morgan fingerprint density at radius 3 is 2.50 bits per heavy atom. The fourth-order valence-electron chi connectivity index (χ4n) is 1.11. The molecule has 0 aliphatic rings. The third kappa shape index (κ3) is 5.11. The molecule has 0 radical (unpaired) electrons. The molecule has 0 spiro atoms. The molecule has 1 rings (SSSR count). The molecular formula is C9H17N3O2S2. The molecule has 0 aliphatic heterocycles. The fraction of sp³-hybridized carbons (Fsp3) is 0.778. The van der Waals surface area contributed by atoms with Gasteiger partial charge in [-0.05, 0) is 13.8 Å². The molecule has 5 nitrogen and oxygen atoms in total. The standard InChI is InChI=1S/C9H17N3O2S2/c1-3-13-7(14-4-2)5-6-15-9-12-11-8(10)16-9/h7H,3-6H2,1-2H3,(H2,10,11). The Morgan fingerprint density at radius 1 is 1.31 bits per heavy atom. The molecule has 0 unspecified atom stereocenters. The van der Waals surface area contributed by atoms with Gasteiger partial charge in [0.2, 0.25) is 5.13 Å². The van der Waals surface area contributed by atoms with Crippen molar-refractivity contribution in [1.82, 2.24) is 10.2 Å². The minimum Gasteiger partial charge on any atom is -0.374 e. The third-order valence-corrected chi connectivity index (χ3v) is 3.63. The lowest BCUT2D eigenvalue weighted by atomic mass is 10.5. The first-order valence-electron chi connectivity index (χ1n) is 5.21. The van der Waals surface area contributed by atoms with Crippen LogP contribution in [-0.2, 0) is 9.47 Å². The van der Waals surface area contributed by atoms with Gasteiger partial charge in [0.1, 0.15) is 0 Å². The summed E-state index contributed by atoms with van der Waals surface area (Å²) in [6.45, 7) is 5.26. The summed E-state index contributed by atoms with van der Waals surface area (Å²) in [5, 5.41) is 8.19. The smallest absolute Gasteiger partial charge is 0.203 e. The molecule has 92 valence electrons. The molecule has 0 fully saturated rings. The van der Waals surface area contributed by atoms with Crippen LogP contribution in [0.5, 0.6) is 0 Å². The minimum absolute atomic E-state index is 0.118. The van der Waals surface area contributed by atoms with E-state index in [9.17, 15) is 0 Å². The topological polar surface area (TPSA) is 70.3 Å². The number of nitrogens with zero attached hydrogens (tertiary/aromatic N) is 2. The van der Waals surface area contributed by atoms with Crippen molar-refractivity contribution in [2.24, 2.45) is 0 Å². The van der Waals surface area contributed by atoms with Gasteiger partial charge >= 0.3 is 0 Å². The van der Waals surface area contributed by atoms with E-state index >= 15 is 0 Å². The molecule has 0 atom stereocenters. The van der Waals surface area contributed by atoms with Crippen molar-refractivity contribution in [1.29, 1.82) is 0 Å². The van der Waals surface area contributed by atoms with E-state index in [1.807, 2.05) is 13.8 Å². The average molecular weight is 263 g/mol. The van der Waals surface area contributed by atoms with E-state index in [4.69, 9.17) is 15.2 Å². The lowest BCUT2D eigenvalue weighted by Crippen LogP contribution is -2.18. The van der Waals surface area contributed by atoms with Crippen molar-refractivity contribution in [3.8, 4) is 0 Å². The maximum absolute atomic E-state index is 5.49. The highest BCUT2D eigenvalue weighted by molar-refractivity contribution is 8.01. The number of nitrogens with two attached hydrogens (primary N) is 1. The van der Waals surface area contributed by atoms with Crippen LogP contribution in [0.2, 0.25) is 0 Å². The van der Waals surface area contributed by atoms with Crippen LogP contribution in [0.1, 0.15) is 20.3 Å². The number of aromatic nitrogens is 2. The predicted molar refractivity (Wildman–Crippen MR) is 66.7 cm³/mol. The highest BCUT2D eigenvalue weighted by Gasteiger charge is 2.09. The van der Waals surface area contributed by atoms with Crippen LogP contribution in [0, 0.1) is 0 Å². The first-order valence-corrected chi connectivity index (χ1v) is 7.01. The molecule has 1 aromatic rings. The summed E-state index contributed by atoms with van der Waals surface area (Å²) in [5.74, 6) is 0.888. The normalized spacial score (nSPS) is 11.2. The molecule has 0 amide bonds. The number of hydrogen-bond acceptors (Lipinski definition) is 7. The molecule has 16 heavy (non-hydrogen) atoms. The molecular weight excluding hydrogens is 246 g/mol. The summed E-state index contributed by atoms with van der Waals surface area (Å²) < 4.78 is 11.8. The lowest BCUT2D eigenvalue weighted by Gasteiger charge is -2.15. The quantitative estimate of drug-likeness (QED) is 0.571. The first-order chi connectivity index (χ1) is 7.76. The monoisotopic (exact) mass is 263 g/mol. The van der Waals surface area contributed by atoms with Crippen LogP contribution >= 0.6 is 23.1 Å². The Labute approximate surface area is 104 Å². The van der Waals surface area contributed by atoms with Gasteiger partial charge in [-0.3, -0.25) is 0 Å². The zero-order valence-electron chi connectivity index (χ0n) is 9.51.